The van der Waals surface area contributed by atoms with Gasteiger partial charge in [0.1, 0.15) is 12.0 Å². The molecule has 1 aliphatic heterocycles. The molecule has 1 fully saturated rings. The smallest absolute Gasteiger partial charge is 0.255 e. The highest BCUT2D eigenvalue weighted by Gasteiger charge is 2.28. The van der Waals surface area contributed by atoms with Crippen LogP contribution in [0.2, 0.25) is 0 Å². The van der Waals surface area contributed by atoms with E-state index in [9.17, 15) is 8.42 Å². The molecule has 0 aliphatic carbocycles. The number of nitrogens with one attached hydrogen (secondary N) is 4. The van der Waals surface area contributed by atoms with Gasteiger partial charge in [-0.15, -0.1) is 0 Å². The molecule has 1 saturated heterocycles. The van der Waals surface area contributed by atoms with Gasteiger partial charge < -0.3 is 5.73 Å². The van der Waals surface area contributed by atoms with E-state index in [4.69, 9.17) is 10.9 Å². The molecular formula is C11H14N8O2S. The molecule has 0 atom stereocenters. The summed E-state index contributed by atoms with van der Waals surface area (Å²) in [5, 5.41) is 5.05. The Morgan fingerprint density at radius 3 is 2.41 bits per heavy atom. The number of hydrogen-bond acceptors (Lipinski definition) is 9. The number of hydrazine groups is 3. The van der Waals surface area contributed by atoms with Crippen LogP contribution in [0.5, 0.6) is 0 Å². The Morgan fingerprint density at radius 1 is 1.09 bits per heavy atom. The fourth-order valence-electron chi connectivity index (χ4n) is 2.17. The molecule has 2 aromatic rings. The predicted molar refractivity (Wildman–Crippen MR) is 78.5 cm³/mol. The van der Waals surface area contributed by atoms with Crippen LogP contribution in [0.3, 0.4) is 0 Å². The third kappa shape index (κ3) is 2.76. The third-order valence-electron chi connectivity index (χ3n) is 3.10. The fraction of sp³-hybridized carbons (Fsp3) is 0.0909. The number of nitrogens with two attached hydrogens (primary N) is 2. The van der Waals surface area contributed by atoms with Gasteiger partial charge in [0, 0.05) is 23.5 Å². The summed E-state index contributed by atoms with van der Waals surface area (Å²) in [5.41, 5.74) is 18.2. The number of hydrogen-bond donors (Lipinski definition) is 6. The van der Waals surface area contributed by atoms with Crippen LogP contribution in [-0.4, -0.2) is 18.4 Å². The highest BCUT2D eigenvalue weighted by molar-refractivity contribution is 7.89. The predicted octanol–water partition coefficient (Wildman–Crippen LogP) is -1.51. The van der Waals surface area contributed by atoms with Crippen LogP contribution in [0, 0.1) is 0 Å². The molecule has 3 rings (SSSR count). The SMILES string of the molecule is Nc1ccc(-c2ccnc(S(N)(=O)=O)c2C2NNNN2)cn1. The first-order chi connectivity index (χ1) is 10.5. The minimum atomic E-state index is -4.00. The van der Waals surface area contributed by atoms with Crippen molar-refractivity contribution < 1.29 is 8.42 Å². The molecular weight excluding hydrogens is 308 g/mol. The van der Waals surface area contributed by atoms with Crippen molar-refractivity contribution in [2.24, 2.45) is 5.14 Å². The zero-order chi connectivity index (χ0) is 15.7. The van der Waals surface area contributed by atoms with E-state index in [2.05, 4.69) is 31.9 Å². The second-order valence-corrected chi connectivity index (χ2v) is 6.04. The van der Waals surface area contributed by atoms with E-state index < -0.39 is 16.2 Å². The van der Waals surface area contributed by atoms with E-state index in [0.29, 0.717) is 22.5 Å². The zero-order valence-electron chi connectivity index (χ0n) is 11.2. The van der Waals surface area contributed by atoms with Crippen molar-refractivity contribution >= 4 is 15.8 Å². The molecule has 0 unspecified atom stereocenters. The summed E-state index contributed by atoms with van der Waals surface area (Å²) in [5.74, 6) is 0.367. The fourth-order valence-corrected chi connectivity index (χ4v) is 2.92. The Bertz CT molecular complexity index is 786. The number of sulfonamides is 1. The number of aromatic nitrogens is 2. The number of rotatable bonds is 3. The summed E-state index contributed by atoms with van der Waals surface area (Å²) >= 11 is 0. The van der Waals surface area contributed by atoms with Gasteiger partial charge in [0.05, 0.1) is 0 Å². The average Bonchev–Trinajstić information content (AvgIpc) is 3.00. The van der Waals surface area contributed by atoms with Crippen LogP contribution in [0.15, 0.2) is 35.6 Å². The number of nitrogens with zero attached hydrogens (tertiary/aromatic N) is 2. The summed E-state index contributed by atoms with van der Waals surface area (Å²) in [6.45, 7) is 0. The van der Waals surface area contributed by atoms with Gasteiger partial charge in [0.25, 0.3) is 10.0 Å². The second-order valence-electron chi connectivity index (χ2n) is 4.57. The molecule has 0 spiro atoms. The topological polar surface area (TPSA) is 160 Å². The van der Waals surface area contributed by atoms with Gasteiger partial charge in [0.15, 0.2) is 5.03 Å². The lowest BCUT2D eigenvalue weighted by Crippen LogP contribution is -2.33. The minimum absolute atomic E-state index is 0.225. The standard InChI is InChI=1S/C11H14N8O2S/c12-8-2-1-6(5-15-8)7-3-4-14-11(22(13,20)21)9(7)10-16-18-19-17-10/h1-5,10,16-19H,(H2,12,15)(H2,13,20,21). The number of nitrogen functional groups attached to an aromatic ring is 1. The highest BCUT2D eigenvalue weighted by atomic mass is 32.2. The third-order valence-corrected chi connectivity index (χ3v) is 3.97. The van der Waals surface area contributed by atoms with Gasteiger partial charge in [0.2, 0.25) is 0 Å². The summed E-state index contributed by atoms with van der Waals surface area (Å²) in [4.78, 5) is 7.92. The van der Waals surface area contributed by atoms with Crippen LogP contribution in [0.25, 0.3) is 11.1 Å². The lowest BCUT2D eigenvalue weighted by molar-refractivity contribution is 0.534. The Labute approximate surface area is 126 Å². The average molecular weight is 322 g/mol. The molecule has 1 aliphatic rings. The summed E-state index contributed by atoms with van der Waals surface area (Å²) in [6, 6.07) is 5.05. The van der Waals surface area contributed by atoms with E-state index in [1.54, 1.807) is 24.4 Å². The number of pyridine rings is 2. The Kier molecular flexibility index (Phi) is 3.74. The Morgan fingerprint density at radius 2 is 1.82 bits per heavy atom. The molecule has 2 aromatic heterocycles. The van der Waals surface area contributed by atoms with Crippen LogP contribution >= 0.6 is 0 Å². The normalized spacial score (nSPS) is 16.0. The Balaban J connectivity index is 2.23. The monoisotopic (exact) mass is 322 g/mol. The molecule has 0 radical (unpaired) electrons. The van der Waals surface area contributed by atoms with E-state index in [1.807, 2.05) is 0 Å². The molecule has 3 heterocycles. The van der Waals surface area contributed by atoms with Crippen LogP contribution < -0.4 is 32.8 Å². The maximum atomic E-state index is 11.8. The van der Waals surface area contributed by atoms with Crippen molar-refractivity contribution in [1.82, 2.24) is 31.9 Å². The van der Waals surface area contributed by atoms with Crippen LogP contribution in [0.1, 0.15) is 11.7 Å². The first-order valence-corrected chi connectivity index (χ1v) is 7.76. The van der Waals surface area contributed by atoms with Crippen molar-refractivity contribution in [3.05, 3.63) is 36.2 Å². The van der Waals surface area contributed by atoms with Crippen molar-refractivity contribution in [3.63, 3.8) is 0 Å². The van der Waals surface area contributed by atoms with Gasteiger partial charge in [-0.25, -0.2) is 34.4 Å². The zero-order valence-corrected chi connectivity index (χ0v) is 12.1. The van der Waals surface area contributed by atoms with Gasteiger partial charge in [-0.1, -0.05) is 0 Å². The second kappa shape index (κ2) is 5.57. The summed E-state index contributed by atoms with van der Waals surface area (Å²) in [6.07, 6.45) is 2.37. The Hall–Kier alpha value is -2.15. The molecule has 0 aromatic carbocycles. The maximum Gasteiger partial charge on any atom is 0.255 e. The van der Waals surface area contributed by atoms with Crippen molar-refractivity contribution in [3.8, 4) is 11.1 Å². The quantitative estimate of drug-likeness (QED) is 0.394. The summed E-state index contributed by atoms with van der Waals surface area (Å²) < 4.78 is 23.7. The van der Waals surface area contributed by atoms with Gasteiger partial charge in [-0.3, -0.25) is 0 Å². The lowest BCUT2D eigenvalue weighted by Gasteiger charge is -2.17. The van der Waals surface area contributed by atoms with E-state index >= 15 is 0 Å². The van der Waals surface area contributed by atoms with E-state index in [0.717, 1.165) is 0 Å². The minimum Gasteiger partial charge on any atom is -0.384 e. The first-order valence-electron chi connectivity index (χ1n) is 6.21. The lowest BCUT2D eigenvalue weighted by atomic mass is 10.0. The van der Waals surface area contributed by atoms with Crippen LogP contribution in [0.4, 0.5) is 5.82 Å². The van der Waals surface area contributed by atoms with Crippen LogP contribution in [-0.2, 0) is 10.0 Å². The first kappa shape index (κ1) is 14.8. The molecule has 0 bridgehead atoms. The van der Waals surface area contributed by atoms with Crippen molar-refractivity contribution in [2.75, 3.05) is 5.73 Å². The molecule has 8 N–H and O–H groups in total. The van der Waals surface area contributed by atoms with E-state index in [1.165, 1.54) is 6.20 Å². The summed E-state index contributed by atoms with van der Waals surface area (Å²) in [7, 11) is -4.00. The van der Waals surface area contributed by atoms with Gasteiger partial charge in [-0.2, -0.15) is 11.1 Å². The molecule has 116 valence electrons. The number of anilines is 1. The van der Waals surface area contributed by atoms with Crippen molar-refractivity contribution in [1.29, 1.82) is 0 Å². The molecule has 0 amide bonds. The van der Waals surface area contributed by atoms with Gasteiger partial charge >= 0.3 is 0 Å². The van der Waals surface area contributed by atoms with E-state index in [-0.39, 0.29) is 5.03 Å². The highest BCUT2D eigenvalue weighted by Crippen LogP contribution is 2.30. The van der Waals surface area contributed by atoms with Crippen molar-refractivity contribution in [2.45, 2.75) is 11.2 Å². The largest absolute Gasteiger partial charge is 0.384 e. The molecule has 10 nitrogen and oxygen atoms in total. The molecule has 22 heavy (non-hydrogen) atoms. The molecule has 0 saturated carbocycles. The maximum absolute atomic E-state index is 11.8. The molecule has 11 heteroatoms. The number of primary sulfonamides is 1. The van der Waals surface area contributed by atoms with Gasteiger partial charge in [-0.05, 0) is 23.8 Å².